The first-order valence-electron chi connectivity index (χ1n) is 7.13. The Morgan fingerprint density at radius 1 is 1.20 bits per heavy atom. The summed E-state index contributed by atoms with van der Waals surface area (Å²) in [5.41, 5.74) is -0.0417. The third-order valence-electron chi connectivity index (χ3n) is 3.13. The number of carbonyl (C=O) groups excluding carboxylic acids is 2. The second-order valence-corrected chi connectivity index (χ2v) is 5.01. The molecule has 128 valence electrons. The van der Waals surface area contributed by atoms with Crippen LogP contribution in [0.2, 0.25) is 0 Å². The van der Waals surface area contributed by atoms with Crippen molar-refractivity contribution in [2.45, 2.75) is 13.0 Å². The van der Waals surface area contributed by atoms with Crippen molar-refractivity contribution < 1.29 is 19.6 Å². The van der Waals surface area contributed by atoms with Crippen LogP contribution in [-0.2, 0) is 9.59 Å². The van der Waals surface area contributed by atoms with Crippen molar-refractivity contribution in [3.05, 3.63) is 58.6 Å². The Kier molecular flexibility index (Phi) is 5.51. The molecule has 2 aromatic rings. The van der Waals surface area contributed by atoms with Gasteiger partial charge in [-0.2, -0.15) is 10.2 Å². The second-order valence-electron chi connectivity index (χ2n) is 5.01. The molecule has 1 atom stereocenters. The number of anilines is 1. The molecule has 2 rings (SSSR count). The van der Waals surface area contributed by atoms with Gasteiger partial charge >= 0.3 is 0 Å². The van der Waals surface area contributed by atoms with Gasteiger partial charge in [0, 0.05) is 17.8 Å². The third kappa shape index (κ3) is 4.67. The van der Waals surface area contributed by atoms with Crippen LogP contribution in [0.4, 0.5) is 17.1 Å². The average Bonchev–Trinajstić information content (AvgIpc) is 2.57. The molecule has 0 saturated heterocycles. The molecule has 2 N–H and O–H groups in total. The number of nitrogens with one attached hydrogen (secondary N) is 1. The summed E-state index contributed by atoms with van der Waals surface area (Å²) in [5, 5.41) is 30.2. The largest absolute Gasteiger partial charge is 0.506 e. The Bertz CT molecular complexity index is 836. The number of phenols is 1. The van der Waals surface area contributed by atoms with E-state index >= 15 is 0 Å². The van der Waals surface area contributed by atoms with E-state index in [0.717, 1.165) is 18.2 Å². The number of nitro groups is 1. The van der Waals surface area contributed by atoms with E-state index in [2.05, 4.69) is 15.5 Å². The molecular weight excluding hydrogens is 328 g/mol. The van der Waals surface area contributed by atoms with Crippen molar-refractivity contribution in [1.29, 1.82) is 0 Å². The van der Waals surface area contributed by atoms with Crippen molar-refractivity contribution in [2.75, 3.05) is 5.32 Å². The standard InChI is InChI=1S/C16H14N4O5/c1-10(21)15(16(23)17-11-5-3-2-4-6-11)19-18-13-9-12(20(24)25)7-8-14(13)22/h2-9,15,22H,1H3,(H,17,23). The molecular formula is C16H14N4O5. The van der Waals surface area contributed by atoms with Crippen LogP contribution >= 0.6 is 0 Å². The van der Waals surface area contributed by atoms with E-state index in [1.165, 1.54) is 6.92 Å². The van der Waals surface area contributed by atoms with Crippen LogP contribution in [0.5, 0.6) is 5.75 Å². The lowest BCUT2D eigenvalue weighted by Gasteiger charge is -2.09. The number of amides is 1. The van der Waals surface area contributed by atoms with Gasteiger partial charge in [-0.05, 0) is 25.1 Å². The normalized spacial score (nSPS) is 11.9. The quantitative estimate of drug-likeness (QED) is 0.360. The van der Waals surface area contributed by atoms with Gasteiger partial charge in [-0.15, -0.1) is 0 Å². The van der Waals surface area contributed by atoms with E-state index in [4.69, 9.17) is 0 Å². The Balaban J connectivity index is 2.23. The lowest BCUT2D eigenvalue weighted by Crippen LogP contribution is -2.31. The summed E-state index contributed by atoms with van der Waals surface area (Å²) in [5.74, 6) is -1.63. The highest BCUT2D eigenvalue weighted by molar-refractivity contribution is 6.10. The summed E-state index contributed by atoms with van der Waals surface area (Å²) >= 11 is 0. The molecule has 0 aliphatic rings. The summed E-state index contributed by atoms with van der Waals surface area (Å²) in [6.45, 7) is 1.17. The highest BCUT2D eigenvalue weighted by Gasteiger charge is 2.23. The summed E-state index contributed by atoms with van der Waals surface area (Å²) in [7, 11) is 0. The predicted molar refractivity (Wildman–Crippen MR) is 88.8 cm³/mol. The van der Waals surface area contributed by atoms with Gasteiger partial charge in [0.2, 0.25) is 6.04 Å². The smallest absolute Gasteiger partial charge is 0.271 e. The van der Waals surface area contributed by atoms with E-state index in [-0.39, 0.29) is 17.1 Å². The van der Waals surface area contributed by atoms with Gasteiger partial charge in [-0.1, -0.05) is 18.2 Å². The van der Waals surface area contributed by atoms with Crippen molar-refractivity contribution in [1.82, 2.24) is 0 Å². The lowest BCUT2D eigenvalue weighted by atomic mass is 10.2. The summed E-state index contributed by atoms with van der Waals surface area (Å²) < 4.78 is 0. The van der Waals surface area contributed by atoms with Gasteiger partial charge in [-0.3, -0.25) is 19.7 Å². The maximum Gasteiger partial charge on any atom is 0.271 e. The van der Waals surface area contributed by atoms with Gasteiger partial charge < -0.3 is 10.4 Å². The van der Waals surface area contributed by atoms with E-state index in [9.17, 15) is 24.8 Å². The molecule has 0 spiro atoms. The van der Waals surface area contributed by atoms with Gasteiger partial charge in [-0.25, -0.2) is 0 Å². The Labute approximate surface area is 142 Å². The molecule has 1 amide bonds. The Morgan fingerprint density at radius 3 is 2.48 bits per heavy atom. The molecule has 0 aliphatic heterocycles. The second kappa shape index (κ2) is 7.77. The topological polar surface area (TPSA) is 134 Å². The summed E-state index contributed by atoms with van der Waals surface area (Å²) in [6.07, 6.45) is 0. The fraction of sp³-hybridized carbons (Fsp3) is 0.125. The first-order chi connectivity index (χ1) is 11.9. The number of hydrogen-bond acceptors (Lipinski definition) is 7. The van der Waals surface area contributed by atoms with E-state index in [1.54, 1.807) is 30.3 Å². The first kappa shape index (κ1) is 17.7. The molecule has 0 fully saturated rings. The minimum Gasteiger partial charge on any atom is -0.506 e. The zero-order valence-corrected chi connectivity index (χ0v) is 13.1. The van der Waals surface area contributed by atoms with E-state index in [1.807, 2.05) is 0 Å². The van der Waals surface area contributed by atoms with Gasteiger partial charge in [0.25, 0.3) is 11.6 Å². The molecule has 0 aliphatic carbocycles. The highest BCUT2D eigenvalue weighted by Crippen LogP contribution is 2.30. The molecule has 2 aromatic carbocycles. The Hall–Kier alpha value is -3.62. The molecule has 25 heavy (non-hydrogen) atoms. The number of para-hydroxylation sites is 1. The number of non-ortho nitro benzene ring substituents is 1. The number of hydrogen-bond donors (Lipinski definition) is 2. The number of azo groups is 1. The average molecular weight is 342 g/mol. The zero-order valence-electron chi connectivity index (χ0n) is 13.1. The van der Waals surface area contributed by atoms with Crippen LogP contribution < -0.4 is 5.32 Å². The fourth-order valence-electron chi connectivity index (χ4n) is 1.88. The van der Waals surface area contributed by atoms with Gasteiger partial charge in [0.05, 0.1) is 4.92 Å². The van der Waals surface area contributed by atoms with Crippen LogP contribution in [0.25, 0.3) is 0 Å². The number of Topliss-reactive ketones (excluding diaryl/α,β-unsaturated/α-hetero) is 1. The Morgan fingerprint density at radius 2 is 1.88 bits per heavy atom. The van der Waals surface area contributed by atoms with Crippen LogP contribution in [0.3, 0.4) is 0 Å². The first-order valence-corrected chi connectivity index (χ1v) is 7.13. The van der Waals surface area contributed by atoms with Gasteiger partial charge in [0.1, 0.15) is 11.4 Å². The van der Waals surface area contributed by atoms with Crippen molar-refractivity contribution >= 4 is 28.8 Å². The number of benzene rings is 2. The SMILES string of the molecule is CC(=O)C(N=Nc1cc([N+](=O)[O-])ccc1O)C(=O)Nc1ccccc1. The minimum absolute atomic E-state index is 0.215. The number of rotatable bonds is 6. The number of ketones is 1. The zero-order chi connectivity index (χ0) is 18.4. The van der Waals surface area contributed by atoms with Crippen LogP contribution in [-0.4, -0.2) is 27.8 Å². The summed E-state index contributed by atoms with van der Waals surface area (Å²) in [4.78, 5) is 33.9. The highest BCUT2D eigenvalue weighted by atomic mass is 16.6. The minimum atomic E-state index is -1.45. The monoisotopic (exact) mass is 342 g/mol. The molecule has 1 unspecified atom stereocenters. The molecule has 0 aromatic heterocycles. The van der Waals surface area contributed by atoms with Crippen molar-refractivity contribution in [2.24, 2.45) is 10.2 Å². The van der Waals surface area contributed by atoms with Crippen LogP contribution in [0.1, 0.15) is 6.92 Å². The molecule has 0 saturated carbocycles. The van der Waals surface area contributed by atoms with E-state index in [0.29, 0.717) is 5.69 Å². The van der Waals surface area contributed by atoms with Crippen LogP contribution in [0, 0.1) is 10.1 Å². The number of phenolic OH excluding ortho intramolecular Hbond substituents is 1. The number of carbonyl (C=O) groups is 2. The van der Waals surface area contributed by atoms with Crippen molar-refractivity contribution in [3.8, 4) is 5.75 Å². The molecule has 0 radical (unpaired) electrons. The number of nitrogens with zero attached hydrogens (tertiary/aromatic N) is 3. The fourth-order valence-corrected chi connectivity index (χ4v) is 1.88. The predicted octanol–water partition coefficient (Wildman–Crippen LogP) is 2.98. The van der Waals surface area contributed by atoms with Crippen molar-refractivity contribution in [3.63, 3.8) is 0 Å². The van der Waals surface area contributed by atoms with Crippen LogP contribution in [0.15, 0.2) is 58.8 Å². The third-order valence-corrected chi connectivity index (χ3v) is 3.13. The number of nitro benzene ring substituents is 1. The number of aromatic hydroxyl groups is 1. The van der Waals surface area contributed by atoms with E-state index < -0.39 is 22.7 Å². The van der Waals surface area contributed by atoms with Gasteiger partial charge in [0.15, 0.2) is 5.78 Å². The lowest BCUT2D eigenvalue weighted by molar-refractivity contribution is -0.384. The summed E-state index contributed by atoms with van der Waals surface area (Å²) in [6, 6.07) is 10.2. The molecule has 9 heteroatoms. The molecule has 0 bridgehead atoms. The molecule has 9 nitrogen and oxygen atoms in total. The maximum absolute atomic E-state index is 12.2. The molecule has 0 heterocycles. The maximum atomic E-state index is 12.2.